The molecule has 1 saturated carbocycles. The number of hydrogen-bond acceptors (Lipinski definition) is 4. The van der Waals surface area contributed by atoms with Gasteiger partial charge in [-0.3, -0.25) is 14.5 Å². The Morgan fingerprint density at radius 1 is 1.30 bits per heavy atom. The van der Waals surface area contributed by atoms with Crippen molar-refractivity contribution in [3.63, 3.8) is 0 Å². The molecule has 0 aromatic rings. The van der Waals surface area contributed by atoms with Gasteiger partial charge in [-0.05, 0) is 38.6 Å². The Balaban J connectivity index is 0.00000200. The van der Waals surface area contributed by atoms with E-state index in [4.69, 9.17) is 4.74 Å². The van der Waals surface area contributed by atoms with Crippen LogP contribution in [0.3, 0.4) is 0 Å². The first-order valence-corrected chi connectivity index (χ1v) is 7.62. The molecule has 2 aliphatic rings. The molecule has 1 atom stereocenters. The van der Waals surface area contributed by atoms with E-state index in [0.29, 0.717) is 19.6 Å². The Kier molecular flexibility index (Phi) is 7.52. The van der Waals surface area contributed by atoms with Gasteiger partial charge in [-0.2, -0.15) is 0 Å². The molecule has 0 aromatic carbocycles. The van der Waals surface area contributed by atoms with E-state index < -0.39 is 5.92 Å². The van der Waals surface area contributed by atoms with Crippen LogP contribution in [-0.2, 0) is 14.3 Å². The first kappa shape index (κ1) is 17.4. The van der Waals surface area contributed by atoms with Crippen LogP contribution in [-0.4, -0.2) is 42.9 Å². The number of hydrogen-bond donors (Lipinski definition) is 0. The minimum Gasteiger partial charge on any atom is -1.00 e. The Morgan fingerprint density at radius 3 is 2.60 bits per heavy atom. The van der Waals surface area contributed by atoms with Gasteiger partial charge >= 0.3 is 7.40 Å². The van der Waals surface area contributed by atoms with Crippen molar-refractivity contribution in [1.29, 1.82) is 0 Å². The lowest BCUT2D eigenvalue weighted by Crippen LogP contribution is -3.00. The van der Waals surface area contributed by atoms with Gasteiger partial charge in [0.1, 0.15) is 5.92 Å². The number of rotatable bonds is 4. The summed E-state index contributed by atoms with van der Waals surface area (Å²) in [6, 6.07) is 0. The molecule has 0 N–H and O–H groups in total. The van der Waals surface area contributed by atoms with Gasteiger partial charge in [-0.25, -0.2) is 0 Å². The van der Waals surface area contributed by atoms with Crippen molar-refractivity contribution in [2.75, 3.05) is 26.2 Å². The molecule has 1 aliphatic carbocycles. The molecule has 0 bridgehead atoms. The van der Waals surface area contributed by atoms with Crippen molar-refractivity contribution in [3.05, 3.63) is 0 Å². The van der Waals surface area contributed by atoms with E-state index in [2.05, 4.69) is 4.90 Å². The van der Waals surface area contributed by atoms with E-state index in [1.807, 2.05) is 0 Å². The van der Waals surface area contributed by atoms with Crippen molar-refractivity contribution >= 4 is 11.8 Å². The first-order valence-electron chi connectivity index (χ1n) is 7.62. The Hall–Kier alpha value is -0.610. The van der Waals surface area contributed by atoms with Crippen molar-refractivity contribution in [1.82, 2.24) is 4.90 Å². The average molecular weight is 304 g/mol. The number of Topliss-reactive ketones (excluding diaryl/α,β-unsaturated/α-hetero) is 1. The third-order valence-corrected chi connectivity index (χ3v) is 4.31. The normalized spacial score (nSPS) is 25.1. The number of piperidine rings is 1. The summed E-state index contributed by atoms with van der Waals surface area (Å²) in [6.45, 7) is 4.45. The molecule has 1 aliphatic heterocycles. The molecule has 0 spiro atoms. The molecule has 5 heteroatoms. The van der Waals surface area contributed by atoms with Crippen LogP contribution in [0.1, 0.15) is 46.9 Å². The number of ketones is 1. The molecule has 0 amide bonds. The van der Waals surface area contributed by atoms with Crippen molar-refractivity contribution in [2.24, 2.45) is 11.8 Å². The van der Waals surface area contributed by atoms with E-state index in [-0.39, 0.29) is 25.6 Å². The van der Waals surface area contributed by atoms with E-state index in [1.54, 1.807) is 6.92 Å². The van der Waals surface area contributed by atoms with Gasteiger partial charge in [0.15, 0.2) is 5.78 Å². The molecule has 0 radical (unpaired) electrons. The average Bonchev–Trinajstić information content (AvgIpc) is 2.40. The maximum absolute atomic E-state index is 12.0. The standard InChI is InChI=1S/C15H25NO3.ClH/c1-2-19-15(18)13-8-9-16(11-14(13)17)10-12-6-4-3-5-7-12;/h12-13H,2-11H2,1H3;1H. The second kappa shape index (κ2) is 8.63. The lowest BCUT2D eigenvalue weighted by molar-refractivity contribution is -0.153. The lowest BCUT2D eigenvalue weighted by atomic mass is 9.87. The monoisotopic (exact) mass is 303 g/mol. The summed E-state index contributed by atoms with van der Waals surface area (Å²) in [7, 11) is 0. The minimum absolute atomic E-state index is 0. The Bertz CT molecular complexity index is 335. The molecule has 4 nitrogen and oxygen atoms in total. The number of likely N-dealkylation sites (tertiary alicyclic amines) is 1. The van der Waals surface area contributed by atoms with Gasteiger partial charge in [0.2, 0.25) is 0 Å². The van der Waals surface area contributed by atoms with Gasteiger partial charge in [0, 0.05) is 6.54 Å². The zero-order valence-corrected chi connectivity index (χ0v) is 13.0. The first-order chi connectivity index (χ1) is 9.20. The van der Waals surface area contributed by atoms with E-state index in [9.17, 15) is 9.59 Å². The number of ether oxygens (including phenoxy) is 1. The van der Waals surface area contributed by atoms with Gasteiger partial charge in [0.25, 0.3) is 0 Å². The van der Waals surface area contributed by atoms with E-state index in [0.717, 1.165) is 19.0 Å². The summed E-state index contributed by atoms with van der Waals surface area (Å²) in [6.07, 6.45) is 7.25. The maximum Gasteiger partial charge on any atom is 1.00 e. The maximum atomic E-state index is 12.0. The molecular weight excluding hydrogens is 278 g/mol. The van der Waals surface area contributed by atoms with Crippen molar-refractivity contribution in [3.8, 4) is 0 Å². The molecule has 2 fully saturated rings. The second-order valence-corrected chi connectivity index (χ2v) is 5.80. The fourth-order valence-electron chi connectivity index (χ4n) is 3.27. The smallest absolute Gasteiger partial charge is 1.00 e. The minimum atomic E-state index is -0.512. The predicted molar refractivity (Wildman–Crippen MR) is 73.9 cm³/mol. The van der Waals surface area contributed by atoms with Gasteiger partial charge < -0.3 is 17.1 Å². The SMILES string of the molecule is CCOC(=O)C1CCN(CC2CCCCC2)CC1=O.[Cl-].[H+]. The number of esters is 1. The second-order valence-electron chi connectivity index (χ2n) is 5.80. The Morgan fingerprint density at radius 2 is 2.00 bits per heavy atom. The molecular formula is C15H26ClNO3. The van der Waals surface area contributed by atoms with E-state index >= 15 is 0 Å². The molecule has 1 saturated heterocycles. The van der Waals surface area contributed by atoms with Crippen LogP contribution in [0.2, 0.25) is 0 Å². The highest BCUT2D eigenvalue weighted by molar-refractivity contribution is 6.00. The van der Waals surface area contributed by atoms with Crippen molar-refractivity contribution in [2.45, 2.75) is 45.4 Å². The number of carbonyl (C=O) groups is 2. The topological polar surface area (TPSA) is 46.6 Å². The summed E-state index contributed by atoms with van der Waals surface area (Å²) < 4.78 is 4.96. The van der Waals surface area contributed by atoms with Gasteiger partial charge in [0.05, 0.1) is 13.2 Å². The highest BCUT2D eigenvalue weighted by atomic mass is 35.5. The fraction of sp³-hybridized carbons (Fsp3) is 0.867. The van der Waals surface area contributed by atoms with Gasteiger partial charge in [-0.1, -0.05) is 19.3 Å². The zero-order chi connectivity index (χ0) is 13.7. The molecule has 20 heavy (non-hydrogen) atoms. The van der Waals surface area contributed by atoms with Crippen LogP contribution in [0, 0.1) is 11.8 Å². The lowest BCUT2D eigenvalue weighted by Gasteiger charge is -2.33. The van der Waals surface area contributed by atoms with Crippen LogP contribution in [0.4, 0.5) is 0 Å². The molecule has 0 aromatic heterocycles. The number of halogens is 1. The highest BCUT2D eigenvalue weighted by Gasteiger charge is 2.34. The van der Waals surface area contributed by atoms with Crippen LogP contribution in [0.15, 0.2) is 0 Å². The predicted octanol–water partition coefficient (Wildman–Crippen LogP) is -0.863. The molecule has 2 rings (SSSR count). The van der Waals surface area contributed by atoms with Crippen LogP contribution in [0.5, 0.6) is 0 Å². The fourth-order valence-corrected chi connectivity index (χ4v) is 3.27. The number of carbonyl (C=O) groups excluding carboxylic acids is 2. The van der Waals surface area contributed by atoms with Crippen LogP contribution < -0.4 is 12.4 Å². The Labute approximate surface area is 129 Å². The molecule has 1 heterocycles. The zero-order valence-electron chi connectivity index (χ0n) is 13.3. The number of nitrogens with zero attached hydrogens (tertiary/aromatic N) is 1. The summed E-state index contributed by atoms with van der Waals surface area (Å²) >= 11 is 0. The molecule has 116 valence electrons. The van der Waals surface area contributed by atoms with Gasteiger partial charge in [-0.15, -0.1) is 0 Å². The summed E-state index contributed by atoms with van der Waals surface area (Å²) in [4.78, 5) is 25.9. The highest BCUT2D eigenvalue weighted by Crippen LogP contribution is 2.26. The van der Waals surface area contributed by atoms with Crippen molar-refractivity contribution < 1.29 is 28.2 Å². The van der Waals surface area contributed by atoms with E-state index in [1.165, 1.54) is 32.1 Å². The van der Waals surface area contributed by atoms with Crippen LogP contribution >= 0.6 is 0 Å². The summed E-state index contributed by atoms with van der Waals surface area (Å²) in [5.41, 5.74) is 0. The molecule has 1 unspecified atom stereocenters. The van der Waals surface area contributed by atoms with Crippen LogP contribution in [0.25, 0.3) is 0 Å². The third-order valence-electron chi connectivity index (χ3n) is 4.31. The third kappa shape index (κ3) is 4.74. The largest absolute Gasteiger partial charge is 1.00 e. The quantitative estimate of drug-likeness (QED) is 0.501. The summed E-state index contributed by atoms with van der Waals surface area (Å²) in [5, 5.41) is 0. The summed E-state index contributed by atoms with van der Waals surface area (Å²) in [5.74, 6) is -0.0476.